The lowest BCUT2D eigenvalue weighted by Crippen LogP contribution is -2.06. The molecule has 1 aromatic heterocycles. The fourth-order valence-electron chi connectivity index (χ4n) is 1.87. The van der Waals surface area contributed by atoms with E-state index in [0.717, 1.165) is 17.2 Å². The maximum Gasteiger partial charge on any atom is 0.231 e. The normalized spacial score (nSPS) is 12.5. The van der Waals surface area contributed by atoms with Crippen LogP contribution in [-0.2, 0) is 6.54 Å². The number of nitrogens with one attached hydrogen (secondary N) is 1. The molecule has 2 heterocycles. The zero-order valence-electron chi connectivity index (χ0n) is 10.6. The molecule has 0 radical (unpaired) electrons. The van der Waals surface area contributed by atoms with Gasteiger partial charge in [0.25, 0.3) is 0 Å². The van der Waals surface area contributed by atoms with Gasteiger partial charge in [-0.05, 0) is 25.2 Å². The Labute approximate surface area is 111 Å². The first-order valence-electron chi connectivity index (χ1n) is 6.02. The highest BCUT2D eigenvalue weighted by Gasteiger charge is 2.14. The van der Waals surface area contributed by atoms with Gasteiger partial charge in [-0.3, -0.25) is 4.98 Å². The van der Waals surface area contributed by atoms with Crippen molar-refractivity contribution in [3.63, 3.8) is 0 Å². The Morgan fingerprint density at radius 2 is 2.00 bits per heavy atom. The summed E-state index contributed by atoms with van der Waals surface area (Å²) >= 11 is 0. The molecular formula is C14H14N2O3. The molecule has 3 rings (SSSR count). The zero-order valence-corrected chi connectivity index (χ0v) is 10.6. The predicted molar refractivity (Wildman–Crippen MR) is 69.6 cm³/mol. The van der Waals surface area contributed by atoms with Crippen LogP contribution < -0.4 is 19.5 Å². The van der Waals surface area contributed by atoms with E-state index >= 15 is 0 Å². The Balaban J connectivity index is 1.79. The molecule has 5 nitrogen and oxygen atoms in total. The molecular weight excluding hydrogens is 244 g/mol. The second-order valence-corrected chi connectivity index (χ2v) is 4.13. The number of ether oxygens (including phenoxy) is 3. The van der Waals surface area contributed by atoms with Gasteiger partial charge in [0, 0.05) is 24.9 Å². The number of rotatable bonds is 4. The molecule has 1 aromatic carbocycles. The van der Waals surface area contributed by atoms with Gasteiger partial charge in [-0.2, -0.15) is 0 Å². The van der Waals surface area contributed by atoms with Crippen molar-refractivity contribution in [1.29, 1.82) is 0 Å². The van der Waals surface area contributed by atoms with Crippen LogP contribution in [0.5, 0.6) is 23.0 Å². The van der Waals surface area contributed by atoms with Crippen molar-refractivity contribution in [3.8, 4) is 23.0 Å². The first-order chi connectivity index (χ1) is 9.35. The van der Waals surface area contributed by atoms with Crippen molar-refractivity contribution in [2.75, 3.05) is 13.8 Å². The maximum atomic E-state index is 5.79. The van der Waals surface area contributed by atoms with E-state index in [2.05, 4.69) is 10.3 Å². The molecule has 5 heteroatoms. The van der Waals surface area contributed by atoms with Crippen LogP contribution in [0.1, 0.15) is 5.69 Å². The van der Waals surface area contributed by atoms with Gasteiger partial charge in [-0.15, -0.1) is 0 Å². The lowest BCUT2D eigenvalue weighted by molar-refractivity contribution is 0.174. The quantitative estimate of drug-likeness (QED) is 0.912. The molecule has 1 N–H and O–H groups in total. The standard InChI is InChI=1S/C14H14N2O3/c1-15-8-10-6-12(4-5-16-10)19-11-2-3-13-14(7-11)18-9-17-13/h2-7,15H,8-9H2,1H3. The highest BCUT2D eigenvalue weighted by atomic mass is 16.7. The largest absolute Gasteiger partial charge is 0.457 e. The molecule has 98 valence electrons. The van der Waals surface area contributed by atoms with Crippen LogP contribution in [0, 0.1) is 0 Å². The highest BCUT2D eigenvalue weighted by molar-refractivity contribution is 5.48. The van der Waals surface area contributed by atoms with Crippen LogP contribution in [0.25, 0.3) is 0 Å². The molecule has 0 saturated carbocycles. The third kappa shape index (κ3) is 2.61. The third-order valence-corrected chi connectivity index (χ3v) is 2.73. The molecule has 0 spiro atoms. The molecule has 1 aliphatic heterocycles. The van der Waals surface area contributed by atoms with Crippen molar-refractivity contribution in [1.82, 2.24) is 10.3 Å². The third-order valence-electron chi connectivity index (χ3n) is 2.73. The molecule has 2 aromatic rings. The fraction of sp³-hybridized carbons (Fsp3) is 0.214. The number of fused-ring (bicyclic) bond motifs is 1. The van der Waals surface area contributed by atoms with Gasteiger partial charge in [0.2, 0.25) is 6.79 Å². The summed E-state index contributed by atoms with van der Waals surface area (Å²) in [6, 6.07) is 9.24. The van der Waals surface area contributed by atoms with E-state index in [1.807, 2.05) is 37.4 Å². The minimum absolute atomic E-state index is 0.264. The van der Waals surface area contributed by atoms with Crippen LogP contribution in [0.3, 0.4) is 0 Å². The first-order valence-corrected chi connectivity index (χ1v) is 6.02. The van der Waals surface area contributed by atoms with Gasteiger partial charge >= 0.3 is 0 Å². The summed E-state index contributed by atoms with van der Waals surface area (Å²) < 4.78 is 16.4. The molecule has 0 bridgehead atoms. The van der Waals surface area contributed by atoms with Crippen molar-refractivity contribution in [3.05, 3.63) is 42.2 Å². The van der Waals surface area contributed by atoms with Crippen LogP contribution in [-0.4, -0.2) is 18.8 Å². The minimum Gasteiger partial charge on any atom is -0.457 e. The van der Waals surface area contributed by atoms with Crippen molar-refractivity contribution < 1.29 is 14.2 Å². The maximum absolute atomic E-state index is 5.79. The second-order valence-electron chi connectivity index (χ2n) is 4.13. The Hall–Kier alpha value is -2.27. The molecule has 0 amide bonds. The highest BCUT2D eigenvalue weighted by Crippen LogP contribution is 2.36. The van der Waals surface area contributed by atoms with Crippen LogP contribution in [0.4, 0.5) is 0 Å². The van der Waals surface area contributed by atoms with Crippen molar-refractivity contribution >= 4 is 0 Å². The first kappa shape index (κ1) is 11.8. The van der Waals surface area contributed by atoms with Crippen molar-refractivity contribution in [2.24, 2.45) is 0 Å². The Morgan fingerprint density at radius 1 is 1.16 bits per heavy atom. The molecule has 0 saturated heterocycles. The molecule has 0 unspecified atom stereocenters. The molecule has 19 heavy (non-hydrogen) atoms. The van der Waals surface area contributed by atoms with Crippen molar-refractivity contribution in [2.45, 2.75) is 6.54 Å². The molecule has 0 aliphatic carbocycles. The number of aromatic nitrogens is 1. The van der Waals surface area contributed by atoms with Gasteiger partial charge in [-0.1, -0.05) is 0 Å². The fourth-order valence-corrected chi connectivity index (χ4v) is 1.87. The van der Waals surface area contributed by atoms with Gasteiger partial charge in [-0.25, -0.2) is 0 Å². The van der Waals surface area contributed by atoms with Gasteiger partial charge in [0.15, 0.2) is 11.5 Å². The van der Waals surface area contributed by atoms with E-state index in [0.29, 0.717) is 18.0 Å². The van der Waals surface area contributed by atoms with Gasteiger partial charge < -0.3 is 19.5 Å². The summed E-state index contributed by atoms with van der Waals surface area (Å²) in [6.07, 6.45) is 1.73. The number of nitrogens with zero attached hydrogens (tertiary/aromatic N) is 1. The zero-order chi connectivity index (χ0) is 13.1. The van der Waals surface area contributed by atoms with E-state index in [4.69, 9.17) is 14.2 Å². The van der Waals surface area contributed by atoms with Gasteiger partial charge in [0.05, 0.1) is 5.69 Å². The SMILES string of the molecule is CNCc1cc(Oc2ccc3c(c2)OCO3)ccn1. The molecule has 0 atom stereocenters. The van der Waals surface area contributed by atoms with Crippen LogP contribution in [0.2, 0.25) is 0 Å². The summed E-state index contributed by atoms with van der Waals surface area (Å²) in [5.74, 6) is 2.92. The molecule has 0 fully saturated rings. The average molecular weight is 258 g/mol. The van der Waals surface area contributed by atoms with Crippen LogP contribution in [0.15, 0.2) is 36.5 Å². The van der Waals surface area contributed by atoms with E-state index < -0.39 is 0 Å². The number of hydrogen-bond acceptors (Lipinski definition) is 5. The number of pyridine rings is 1. The molecule has 1 aliphatic rings. The summed E-state index contributed by atoms with van der Waals surface area (Å²) in [5, 5.41) is 3.05. The number of benzene rings is 1. The summed E-state index contributed by atoms with van der Waals surface area (Å²) in [7, 11) is 1.88. The lowest BCUT2D eigenvalue weighted by atomic mass is 10.3. The summed E-state index contributed by atoms with van der Waals surface area (Å²) in [6.45, 7) is 0.971. The smallest absolute Gasteiger partial charge is 0.231 e. The lowest BCUT2D eigenvalue weighted by Gasteiger charge is -2.07. The second kappa shape index (κ2) is 5.16. The Bertz CT molecular complexity index is 587. The summed E-state index contributed by atoms with van der Waals surface area (Å²) in [5.41, 5.74) is 0.931. The predicted octanol–water partition coefficient (Wildman–Crippen LogP) is 2.32. The Kier molecular flexibility index (Phi) is 3.20. The van der Waals surface area contributed by atoms with E-state index in [9.17, 15) is 0 Å². The van der Waals surface area contributed by atoms with E-state index in [1.54, 1.807) is 6.20 Å². The van der Waals surface area contributed by atoms with Crippen LogP contribution >= 0.6 is 0 Å². The average Bonchev–Trinajstić information content (AvgIpc) is 2.87. The minimum atomic E-state index is 0.264. The van der Waals surface area contributed by atoms with E-state index in [1.165, 1.54) is 0 Å². The van der Waals surface area contributed by atoms with E-state index in [-0.39, 0.29) is 6.79 Å². The monoisotopic (exact) mass is 258 g/mol. The topological polar surface area (TPSA) is 52.6 Å². The summed E-state index contributed by atoms with van der Waals surface area (Å²) in [4.78, 5) is 4.24. The Morgan fingerprint density at radius 3 is 2.89 bits per heavy atom. The van der Waals surface area contributed by atoms with Gasteiger partial charge in [0.1, 0.15) is 11.5 Å². The number of hydrogen-bond donors (Lipinski definition) is 1.